The number of anilines is 2. The van der Waals surface area contributed by atoms with Gasteiger partial charge < -0.3 is 16.0 Å². The molecule has 0 saturated carbocycles. The fraction of sp³-hybridized carbons (Fsp3) is 0.467. The number of aromatic nitrogens is 3. The van der Waals surface area contributed by atoms with Crippen molar-refractivity contribution in [1.82, 2.24) is 20.1 Å². The summed E-state index contributed by atoms with van der Waals surface area (Å²) >= 11 is 0. The maximum atomic E-state index is 6.01. The Bertz CT molecular complexity index is 648. The summed E-state index contributed by atoms with van der Waals surface area (Å²) in [6.07, 6.45) is 3.00. The Morgan fingerprint density at radius 1 is 1.38 bits per heavy atom. The fourth-order valence-corrected chi connectivity index (χ4v) is 2.84. The van der Waals surface area contributed by atoms with E-state index < -0.39 is 0 Å². The minimum Gasteiger partial charge on any atom is -0.384 e. The normalized spacial score (nSPS) is 18.4. The van der Waals surface area contributed by atoms with Gasteiger partial charge in [0, 0.05) is 49.2 Å². The molecular weight excluding hydrogens is 264 g/mol. The van der Waals surface area contributed by atoms with Crippen LogP contribution in [0.2, 0.25) is 0 Å². The first kappa shape index (κ1) is 13.9. The van der Waals surface area contributed by atoms with Crippen LogP contribution in [0.25, 0.3) is 11.3 Å². The first-order chi connectivity index (χ1) is 10.1. The molecule has 1 aliphatic heterocycles. The summed E-state index contributed by atoms with van der Waals surface area (Å²) in [7, 11) is 3.95. The second-order valence-corrected chi connectivity index (χ2v) is 5.62. The van der Waals surface area contributed by atoms with E-state index in [-0.39, 0.29) is 0 Å². The van der Waals surface area contributed by atoms with Gasteiger partial charge in [-0.05, 0) is 26.5 Å². The van der Waals surface area contributed by atoms with E-state index >= 15 is 0 Å². The highest BCUT2D eigenvalue weighted by Gasteiger charge is 2.22. The van der Waals surface area contributed by atoms with Crippen LogP contribution in [0.4, 0.5) is 11.5 Å². The maximum Gasteiger partial charge on any atom is 0.126 e. The van der Waals surface area contributed by atoms with E-state index in [2.05, 4.69) is 26.4 Å². The van der Waals surface area contributed by atoms with Crippen molar-refractivity contribution in [2.75, 3.05) is 30.8 Å². The lowest BCUT2D eigenvalue weighted by Gasteiger charge is -2.19. The van der Waals surface area contributed by atoms with Crippen molar-refractivity contribution in [1.29, 1.82) is 0 Å². The summed E-state index contributed by atoms with van der Waals surface area (Å²) in [6, 6.07) is 4.61. The molecule has 0 aromatic carbocycles. The molecule has 1 aliphatic rings. The van der Waals surface area contributed by atoms with E-state index in [0.717, 1.165) is 42.1 Å². The van der Waals surface area contributed by atoms with Gasteiger partial charge in [0.25, 0.3) is 0 Å². The van der Waals surface area contributed by atoms with Gasteiger partial charge in [-0.3, -0.25) is 4.68 Å². The molecule has 6 heteroatoms. The molecule has 3 rings (SSSR count). The van der Waals surface area contributed by atoms with Crippen LogP contribution in [0, 0.1) is 6.92 Å². The Labute approximate surface area is 125 Å². The molecule has 112 valence electrons. The largest absolute Gasteiger partial charge is 0.384 e. The van der Waals surface area contributed by atoms with Crippen LogP contribution in [0.15, 0.2) is 18.3 Å². The first-order valence-electron chi connectivity index (χ1n) is 7.27. The second kappa shape index (κ2) is 5.37. The molecule has 0 spiro atoms. The van der Waals surface area contributed by atoms with Gasteiger partial charge in [0.05, 0.1) is 11.9 Å². The molecule has 0 aliphatic carbocycles. The highest BCUT2D eigenvalue weighted by atomic mass is 15.3. The quantitative estimate of drug-likeness (QED) is 0.886. The van der Waals surface area contributed by atoms with Gasteiger partial charge in [-0.1, -0.05) is 0 Å². The Balaban J connectivity index is 1.95. The summed E-state index contributed by atoms with van der Waals surface area (Å²) in [5, 5.41) is 7.62. The number of nitrogens with zero attached hydrogens (tertiary/aromatic N) is 4. The Morgan fingerprint density at radius 3 is 2.81 bits per heavy atom. The molecule has 21 heavy (non-hydrogen) atoms. The SMILES string of the molecule is CNC1CCN(c2cc(N)nc(-c3cnn(C)c3C)c2)C1. The smallest absolute Gasteiger partial charge is 0.126 e. The zero-order valence-corrected chi connectivity index (χ0v) is 12.8. The third-order valence-corrected chi connectivity index (χ3v) is 4.30. The van der Waals surface area contributed by atoms with E-state index in [1.165, 1.54) is 0 Å². The predicted octanol–water partition coefficient (Wildman–Crippen LogP) is 1.17. The van der Waals surface area contributed by atoms with Crippen molar-refractivity contribution in [2.24, 2.45) is 7.05 Å². The number of rotatable bonds is 3. The first-order valence-corrected chi connectivity index (χ1v) is 7.27. The molecule has 1 atom stereocenters. The number of nitrogen functional groups attached to an aromatic ring is 1. The van der Waals surface area contributed by atoms with Crippen LogP contribution in [-0.4, -0.2) is 40.9 Å². The number of likely N-dealkylation sites (N-methyl/N-ethyl adjacent to an activating group) is 1. The van der Waals surface area contributed by atoms with Crippen LogP contribution in [0.5, 0.6) is 0 Å². The Morgan fingerprint density at radius 2 is 2.19 bits per heavy atom. The Kier molecular flexibility index (Phi) is 3.55. The summed E-state index contributed by atoms with van der Waals surface area (Å²) < 4.78 is 1.85. The fourth-order valence-electron chi connectivity index (χ4n) is 2.84. The van der Waals surface area contributed by atoms with Gasteiger partial charge in [0.1, 0.15) is 5.82 Å². The lowest BCUT2D eigenvalue weighted by Crippen LogP contribution is -2.29. The number of nitrogens with two attached hydrogens (primary N) is 1. The van der Waals surface area contributed by atoms with Gasteiger partial charge in [0.2, 0.25) is 0 Å². The molecule has 0 radical (unpaired) electrons. The summed E-state index contributed by atoms with van der Waals surface area (Å²) in [6.45, 7) is 4.09. The third-order valence-electron chi connectivity index (χ3n) is 4.30. The standard InChI is InChI=1S/C15H22N6/c1-10-13(8-18-20(10)3)14-6-12(7-15(16)19-14)21-5-4-11(9-21)17-2/h6-8,11,17H,4-5,9H2,1-3H3,(H2,16,19). The minimum absolute atomic E-state index is 0.544. The van der Waals surface area contributed by atoms with Gasteiger partial charge >= 0.3 is 0 Å². The van der Waals surface area contributed by atoms with E-state index in [9.17, 15) is 0 Å². The van der Waals surface area contributed by atoms with Crippen molar-refractivity contribution >= 4 is 11.5 Å². The molecule has 0 amide bonds. The van der Waals surface area contributed by atoms with E-state index in [0.29, 0.717) is 11.9 Å². The topological polar surface area (TPSA) is 72.0 Å². The van der Waals surface area contributed by atoms with Crippen molar-refractivity contribution in [3.05, 3.63) is 24.0 Å². The lowest BCUT2D eigenvalue weighted by molar-refractivity contribution is 0.617. The van der Waals surface area contributed by atoms with E-state index in [1.807, 2.05) is 38.0 Å². The van der Waals surface area contributed by atoms with Gasteiger partial charge in [-0.15, -0.1) is 0 Å². The Hall–Kier alpha value is -2.08. The summed E-state index contributed by atoms with van der Waals surface area (Å²) in [5.41, 5.74) is 10.2. The molecule has 0 bridgehead atoms. The highest BCUT2D eigenvalue weighted by Crippen LogP contribution is 2.28. The van der Waals surface area contributed by atoms with Crippen molar-refractivity contribution in [2.45, 2.75) is 19.4 Å². The molecular formula is C15H22N6. The third kappa shape index (κ3) is 2.58. The number of pyridine rings is 1. The molecule has 1 fully saturated rings. The molecule has 3 N–H and O–H groups in total. The zero-order valence-electron chi connectivity index (χ0n) is 12.8. The van der Waals surface area contributed by atoms with Crippen LogP contribution < -0.4 is 16.0 Å². The number of nitrogens with one attached hydrogen (secondary N) is 1. The predicted molar refractivity (Wildman–Crippen MR) is 85.3 cm³/mol. The monoisotopic (exact) mass is 286 g/mol. The second-order valence-electron chi connectivity index (χ2n) is 5.62. The van der Waals surface area contributed by atoms with Crippen LogP contribution in [-0.2, 0) is 7.05 Å². The number of hydrogen-bond acceptors (Lipinski definition) is 5. The lowest BCUT2D eigenvalue weighted by atomic mass is 10.1. The van der Waals surface area contributed by atoms with E-state index in [1.54, 1.807) is 0 Å². The number of hydrogen-bond donors (Lipinski definition) is 2. The summed E-state index contributed by atoms with van der Waals surface area (Å²) in [5.74, 6) is 0.554. The maximum absolute atomic E-state index is 6.01. The van der Waals surface area contributed by atoms with Gasteiger partial charge in [0.15, 0.2) is 0 Å². The van der Waals surface area contributed by atoms with Crippen LogP contribution in [0.3, 0.4) is 0 Å². The zero-order chi connectivity index (χ0) is 15.0. The van der Waals surface area contributed by atoms with Crippen molar-refractivity contribution in [3.8, 4) is 11.3 Å². The average molecular weight is 286 g/mol. The van der Waals surface area contributed by atoms with Crippen molar-refractivity contribution < 1.29 is 0 Å². The average Bonchev–Trinajstić information content (AvgIpc) is 3.06. The molecule has 2 aromatic heterocycles. The highest BCUT2D eigenvalue weighted by molar-refractivity contribution is 5.69. The molecule has 2 aromatic rings. The van der Waals surface area contributed by atoms with Crippen LogP contribution in [0.1, 0.15) is 12.1 Å². The van der Waals surface area contributed by atoms with Gasteiger partial charge in [-0.25, -0.2) is 4.98 Å². The molecule has 6 nitrogen and oxygen atoms in total. The van der Waals surface area contributed by atoms with E-state index in [4.69, 9.17) is 5.73 Å². The van der Waals surface area contributed by atoms with Crippen molar-refractivity contribution in [3.63, 3.8) is 0 Å². The molecule has 3 heterocycles. The molecule has 1 saturated heterocycles. The van der Waals surface area contributed by atoms with Crippen LogP contribution >= 0.6 is 0 Å². The number of aryl methyl sites for hydroxylation is 1. The van der Waals surface area contributed by atoms with Gasteiger partial charge in [-0.2, -0.15) is 5.10 Å². The minimum atomic E-state index is 0.544. The molecule has 1 unspecified atom stereocenters. The summed E-state index contributed by atoms with van der Waals surface area (Å²) in [4.78, 5) is 6.83.